The van der Waals surface area contributed by atoms with Gasteiger partial charge in [-0.2, -0.15) is 0 Å². The van der Waals surface area contributed by atoms with Crippen LogP contribution in [0.3, 0.4) is 0 Å². The highest BCUT2D eigenvalue weighted by Gasteiger charge is 2.29. The van der Waals surface area contributed by atoms with Gasteiger partial charge in [0.2, 0.25) is 0 Å². The monoisotopic (exact) mass is 316 g/mol. The van der Waals surface area contributed by atoms with Crippen molar-refractivity contribution in [2.24, 2.45) is 5.92 Å². The molecule has 0 aliphatic heterocycles. The summed E-state index contributed by atoms with van der Waals surface area (Å²) in [5.74, 6) is 0.906. The number of aryl methyl sites for hydroxylation is 1. The molecule has 2 nitrogen and oxygen atoms in total. The molecule has 1 rings (SSSR count). The third-order valence-corrected chi connectivity index (χ3v) is 6.79. The van der Waals surface area contributed by atoms with Gasteiger partial charge in [-0.15, -0.1) is 11.6 Å². The second-order valence-electron chi connectivity index (χ2n) is 6.37. The fourth-order valence-electron chi connectivity index (χ4n) is 2.01. The summed E-state index contributed by atoms with van der Waals surface area (Å²) in [5, 5.41) is 0. The molecule has 0 fully saturated rings. The first-order valence-electron chi connectivity index (χ1n) is 7.00. The summed E-state index contributed by atoms with van der Waals surface area (Å²) in [6, 6.07) is 8.19. The minimum Gasteiger partial charge on any atom is -0.228 e. The average Bonchev–Trinajstić information content (AvgIpc) is 2.35. The zero-order chi connectivity index (χ0) is 15.4. The first kappa shape index (κ1) is 17.5. The zero-order valence-electron chi connectivity index (χ0n) is 12.8. The molecule has 0 spiro atoms. The van der Waals surface area contributed by atoms with Gasteiger partial charge in [-0.05, 0) is 57.6 Å². The quantitative estimate of drug-likeness (QED) is 0.743. The van der Waals surface area contributed by atoms with Gasteiger partial charge in [-0.1, -0.05) is 24.3 Å². The summed E-state index contributed by atoms with van der Waals surface area (Å²) in [5.41, 5.74) is 2.49. The second-order valence-corrected chi connectivity index (χ2v) is 9.54. The fourth-order valence-corrected chi connectivity index (χ4v) is 3.53. The van der Waals surface area contributed by atoms with Crippen molar-refractivity contribution < 1.29 is 8.42 Å². The van der Waals surface area contributed by atoms with Crippen LogP contribution in [0.2, 0.25) is 0 Å². The number of alkyl halides is 1. The molecule has 0 aliphatic rings. The maximum absolute atomic E-state index is 12.1. The van der Waals surface area contributed by atoms with Gasteiger partial charge in [0.25, 0.3) is 0 Å². The molecule has 0 radical (unpaired) electrons. The van der Waals surface area contributed by atoms with Gasteiger partial charge in [-0.3, -0.25) is 0 Å². The molecule has 20 heavy (non-hydrogen) atoms. The first-order valence-corrected chi connectivity index (χ1v) is 9.19. The molecule has 114 valence electrons. The Hall–Kier alpha value is -0.540. The number of hydrogen-bond acceptors (Lipinski definition) is 2. The van der Waals surface area contributed by atoms with Crippen molar-refractivity contribution in [2.45, 2.75) is 45.3 Å². The summed E-state index contributed by atoms with van der Waals surface area (Å²) in [6.07, 6.45) is 1.47. The lowest BCUT2D eigenvalue weighted by molar-refractivity contribution is 0.529. The molecule has 1 atom stereocenters. The first-order chi connectivity index (χ1) is 9.17. The van der Waals surface area contributed by atoms with Crippen molar-refractivity contribution in [1.82, 2.24) is 0 Å². The molecule has 1 aromatic rings. The van der Waals surface area contributed by atoms with Gasteiger partial charge < -0.3 is 0 Å². The van der Waals surface area contributed by atoms with Crippen LogP contribution in [-0.2, 0) is 16.3 Å². The van der Waals surface area contributed by atoms with Crippen LogP contribution in [0.5, 0.6) is 0 Å². The van der Waals surface area contributed by atoms with Crippen molar-refractivity contribution >= 4 is 21.4 Å². The van der Waals surface area contributed by atoms with E-state index in [0.717, 1.165) is 6.42 Å². The Morgan fingerprint density at radius 1 is 1.20 bits per heavy atom. The maximum Gasteiger partial charge on any atom is 0.155 e. The van der Waals surface area contributed by atoms with Gasteiger partial charge in [-0.25, -0.2) is 8.42 Å². The Morgan fingerprint density at radius 2 is 1.80 bits per heavy atom. The summed E-state index contributed by atoms with van der Waals surface area (Å²) >= 11 is 6.02. The zero-order valence-corrected chi connectivity index (χ0v) is 14.4. The summed E-state index contributed by atoms with van der Waals surface area (Å²) in [6.45, 7) is 7.32. The maximum atomic E-state index is 12.1. The SMILES string of the molecule is Cc1ccccc1CC(CCl)CCS(=O)(=O)C(C)(C)C. The van der Waals surface area contributed by atoms with Crippen LogP contribution < -0.4 is 0 Å². The van der Waals surface area contributed by atoms with Gasteiger partial charge in [0.15, 0.2) is 9.84 Å². The van der Waals surface area contributed by atoms with Crippen molar-refractivity contribution in [2.75, 3.05) is 11.6 Å². The van der Waals surface area contributed by atoms with Gasteiger partial charge >= 0.3 is 0 Å². The van der Waals surface area contributed by atoms with Crippen molar-refractivity contribution in [1.29, 1.82) is 0 Å². The van der Waals surface area contributed by atoms with E-state index >= 15 is 0 Å². The highest BCUT2D eigenvalue weighted by atomic mass is 35.5. The molecule has 0 aliphatic carbocycles. The highest BCUT2D eigenvalue weighted by Crippen LogP contribution is 2.22. The van der Waals surface area contributed by atoms with Crippen LogP contribution in [0.25, 0.3) is 0 Å². The standard InChI is InChI=1S/C16H25ClO2S/c1-13-7-5-6-8-15(13)11-14(12-17)9-10-20(18,19)16(2,3)4/h5-8,14H,9-12H2,1-4H3. The number of benzene rings is 1. The number of halogens is 1. The topological polar surface area (TPSA) is 34.1 Å². The van der Waals surface area contributed by atoms with Gasteiger partial charge in [0.1, 0.15) is 0 Å². The van der Waals surface area contributed by atoms with E-state index in [1.807, 2.05) is 12.1 Å². The van der Waals surface area contributed by atoms with Gasteiger partial charge in [0, 0.05) is 5.88 Å². The Kier molecular flexibility index (Phi) is 6.08. The Morgan fingerprint density at radius 3 is 2.30 bits per heavy atom. The fraction of sp³-hybridized carbons (Fsp3) is 0.625. The molecular weight excluding hydrogens is 292 g/mol. The van der Waals surface area contributed by atoms with E-state index in [-0.39, 0.29) is 11.7 Å². The van der Waals surface area contributed by atoms with Gasteiger partial charge in [0.05, 0.1) is 10.5 Å². The number of sulfone groups is 1. The second kappa shape index (κ2) is 6.95. The van der Waals surface area contributed by atoms with Crippen LogP contribution in [0.15, 0.2) is 24.3 Å². The van der Waals surface area contributed by atoms with E-state index in [1.54, 1.807) is 20.8 Å². The third-order valence-electron chi connectivity index (χ3n) is 3.72. The highest BCUT2D eigenvalue weighted by molar-refractivity contribution is 7.92. The average molecular weight is 317 g/mol. The molecule has 0 amide bonds. The van der Waals surface area contributed by atoms with Crippen LogP contribution in [0, 0.1) is 12.8 Å². The lowest BCUT2D eigenvalue weighted by atomic mass is 9.96. The van der Waals surface area contributed by atoms with Crippen LogP contribution in [0.4, 0.5) is 0 Å². The summed E-state index contributed by atoms with van der Waals surface area (Å²) in [7, 11) is -3.06. The predicted octanol–water partition coefficient (Wildman–Crippen LogP) is 4.00. The molecule has 0 bridgehead atoms. The van der Waals surface area contributed by atoms with E-state index in [0.29, 0.717) is 12.3 Å². The normalized spacial score (nSPS) is 14.2. The molecule has 0 saturated heterocycles. The molecule has 4 heteroatoms. The van der Waals surface area contributed by atoms with Crippen molar-refractivity contribution in [3.8, 4) is 0 Å². The summed E-state index contributed by atoms with van der Waals surface area (Å²) in [4.78, 5) is 0. The Balaban J connectivity index is 2.68. The van der Waals surface area contributed by atoms with E-state index < -0.39 is 14.6 Å². The summed E-state index contributed by atoms with van der Waals surface area (Å²) < 4.78 is 23.6. The minimum atomic E-state index is -3.06. The van der Waals surface area contributed by atoms with E-state index in [4.69, 9.17) is 11.6 Å². The van der Waals surface area contributed by atoms with Crippen LogP contribution in [-0.4, -0.2) is 24.8 Å². The molecule has 1 aromatic carbocycles. The molecule has 0 N–H and O–H groups in total. The molecule has 0 saturated carbocycles. The lowest BCUT2D eigenvalue weighted by Gasteiger charge is -2.21. The number of rotatable bonds is 6. The molecule has 0 heterocycles. The third kappa shape index (κ3) is 4.78. The minimum absolute atomic E-state index is 0.204. The Labute approximate surface area is 128 Å². The largest absolute Gasteiger partial charge is 0.228 e. The van der Waals surface area contributed by atoms with E-state index in [1.165, 1.54) is 11.1 Å². The van der Waals surface area contributed by atoms with Crippen molar-refractivity contribution in [3.63, 3.8) is 0 Å². The molecular formula is C16H25ClO2S. The molecule has 0 aromatic heterocycles. The van der Waals surface area contributed by atoms with Crippen LogP contribution >= 0.6 is 11.6 Å². The van der Waals surface area contributed by atoms with E-state index in [9.17, 15) is 8.42 Å². The smallest absolute Gasteiger partial charge is 0.155 e. The van der Waals surface area contributed by atoms with Crippen LogP contribution in [0.1, 0.15) is 38.3 Å². The lowest BCUT2D eigenvalue weighted by Crippen LogP contribution is -2.31. The molecule has 1 unspecified atom stereocenters. The Bertz CT molecular complexity index is 530. The van der Waals surface area contributed by atoms with E-state index in [2.05, 4.69) is 19.1 Å². The van der Waals surface area contributed by atoms with Crippen molar-refractivity contribution in [3.05, 3.63) is 35.4 Å². The predicted molar refractivity (Wildman–Crippen MR) is 87.2 cm³/mol. The number of hydrogen-bond donors (Lipinski definition) is 0.